The number of oxazole rings is 1. The molecule has 0 saturated heterocycles. The predicted octanol–water partition coefficient (Wildman–Crippen LogP) is 5.65. The van der Waals surface area contributed by atoms with Gasteiger partial charge in [-0.25, -0.2) is 23.5 Å². The number of imidazole rings is 1. The Balaban J connectivity index is 1.58. The van der Waals surface area contributed by atoms with Crippen molar-refractivity contribution in [1.82, 2.24) is 19.4 Å². The maximum Gasteiger partial charge on any atom is 0.416 e. The number of aryl methyl sites for hydroxylation is 1. The normalized spacial score (nSPS) is 12.3. The number of rotatable bonds is 10. The second-order valence-electron chi connectivity index (χ2n) is 8.82. The zero-order valence-electron chi connectivity index (χ0n) is 21.5. The van der Waals surface area contributed by atoms with Crippen LogP contribution in [0.2, 0.25) is 0 Å². The Morgan fingerprint density at radius 1 is 1.19 bits per heavy atom. The number of nitrogens with two attached hydrogens (primary N) is 1. The van der Waals surface area contributed by atoms with Gasteiger partial charge in [-0.2, -0.15) is 13.2 Å². The molecule has 2 aromatic carbocycles. The second-order valence-corrected chi connectivity index (χ2v) is 9.54. The van der Waals surface area contributed by atoms with E-state index in [9.17, 15) is 36.6 Å². The van der Waals surface area contributed by atoms with Crippen molar-refractivity contribution in [3.8, 4) is 17.0 Å². The summed E-state index contributed by atoms with van der Waals surface area (Å²) in [4.78, 5) is 33.0. The van der Waals surface area contributed by atoms with Crippen LogP contribution in [0.5, 0.6) is 5.75 Å². The number of halogens is 6. The molecule has 4 aromatic rings. The molecule has 0 saturated carbocycles. The van der Waals surface area contributed by atoms with Gasteiger partial charge in [0.15, 0.2) is 16.2 Å². The van der Waals surface area contributed by atoms with Crippen LogP contribution in [0.1, 0.15) is 33.7 Å². The monoisotopic (exact) mass is 657 g/mol. The van der Waals surface area contributed by atoms with Crippen molar-refractivity contribution in [2.75, 3.05) is 19.7 Å². The average Bonchev–Trinajstić information content (AvgIpc) is 3.51. The van der Waals surface area contributed by atoms with E-state index in [2.05, 4.69) is 25.9 Å². The molecule has 10 nitrogen and oxygen atoms in total. The van der Waals surface area contributed by atoms with Crippen molar-refractivity contribution in [2.24, 2.45) is 5.73 Å². The zero-order chi connectivity index (χ0) is 30.8. The third-order valence-corrected chi connectivity index (χ3v) is 6.69. The molecule has 0 bridgehead atoms. The molecule has 3 N–H and O–H groups in total. The summed E-state index contributed by atoms with van der Waals surface area (Å²) in [6, 6.07) is 5.09. The van der Waals surface area contributed by atoms with Gasteiger partial charge < -0.3 is 29.5 Å². The first kappa shape index (κ1) is 30.5. The van der Waals surface area contributed by atoms with Crippen LogP contribution in [-0.2, 0) is 6.18 Å². The Hall–Kier alpha value is -4.47. The summed E-state index contributed by atoms with van der Waals surface area (Å²) in [5.74, 6) is -3.85. The van der Waals surface area contributed by atoms with Crippen LogP contribution in [0.15, 0.2) is 57.9 Å². The van der Waals surface area contributed by atoms with Gasteiger partial charge in [0.25, 0.3) is 5.91 Å². The fraction of sp³-hybridized carbons (Fsp3) is 0.231. The standard InChI is InChI=1S/C26H21BrF5N5O5/c1-13-34-8-9-37(13)17(24-35-21(22(27)42-24)14-2-4-15(5-3-14)26(30,31)32)12-36(25(39)40)10-11-41-18-7-6-16(28)19(20(18)29)23(33)38/h2-9,17H,10-12H2,1H3,(H2,33,38)(H,39,40). The van der Waals surface area contributed by atoms with E-state index in [0.29, 0.717) is 11.4 Å². The Bertz CT molecular complexity index is 1610. The molecule has 16 heteroatoms. The van der Waals surface area contributed by atoms with Crippen molar-refractivity contribution >= 4 is 27.9 Å². The molecule has 222 valence electrons. The number of carboxylic acid groups (broad SMARTS) is 1. The molecule has 0 aliphatic heterocycles. The van der Waals surface area contributed by atoms with E-state index in [1.165, 1.54) is 18.3 Å². The minimum Gasteiger partial charge on any atom is -0.489 e. The second kappa shape index (κ2) is 12.2. The van der Waals surface area contributed by atoms with E-state index in [1.54, 1.807) is 17.7 Å². The van der Waals surface area contributed by atoms with Crippen molar-refractivity contribution in [3.05, 3.63) is 87.9 Å². The van der Waals surface area contributed by atoms with E-state index < -0.39 is 59.3 Å². The Morgan fingerprint density at radius 2 is 1.88 bits per heavy atom. The molecule has 4 rings (SSSR count). The fourth-order valence-corrected chi connectivity index (χ4v) is 4.55. The topological polar surface area (TPSA) is 137 Å². The Kier molecular flexibility index (Phi) is 8.84. The number of nitrogens with zero attached hydrogens (tertiary/aromatic N) is 4. The summed E-state index contributed by atoms with van der Waals surface area (Å²) in [7, 11) is 0. The zero-order valence-corrected chi connectivity index (χ0v) is 23.1. The fourth-order valence-electron chi connectivity index (χ4n) is 4.07. The van der Waals surface area contributed by atoms with Gasteiger partial charge >= 0.3 is 12.3 Å². The number of carbonyl (C=O) groups is 2. The lowest BCUT2D eigenvalue weighted by molar-refractivity contribution is -0.137. The van der Waals surface area contributed by atoms with E-state index in [-0.39, 0.29) is 29.3 Å². The first-order chi connectivity index (χ1) is 19.8. The number of primary amides is 1. The Labute approximate surface area is 242 Å². The van der Waals surface area contributed by atoms with Gasteiger partial charge in [0.2, 0.25) is 5.89 Å². The van der Waals surface area contributed by atoms with Gasteiger partial charge in [0.05, 0.1) is 18.7 Å². The van der Waals surface area contributed by atoms with Gasteiger partial charge in [0, 0.05) is 18.0 Å². The lowest BCUT2D eigenvalue weighted by Crippen LogP contribution is -2.38. The van der Waals surface area contributed by atoms with Crippen LogP contribution < -0.4 is 10.5 Å². The van der Waals surface area contributed by atoms with Crippen LogP contribution in [0.4, 0.5) is 26.7 Å². The Morgan fingerprint density at radius 3 is 2.45 bits per heavy atom. The highest BCUT2D eigenvalue weighted by molar-refractivity contribution is 9.10. The molecule has 2 amide bonds. The number of carbonyl (C=O) groups excluding carboxylic acids is 1. The van der Waals surface area contributed by atoms with Crippen LogP contribution >= 0.6 is 15.9 Å². The van der Waals surface area contributed by atoms with Crippen molar-refractivity contribution < 1.29 is 45.8 Å². The lowest BCUT2D eigenvalue weighted by Gasteiger charge is -2.25. The molecule has 2 aromatic heterocycles. The molecular formula is C26H21BrF5N5O5. The highest BCUT2D eigenvalue weighted by Crippen LogP contribution is 2.35. The van der Waals surface area contributed by atoms with E-state index in [4.69, 9.17) is 14.9 Å². The smallest absolute Gasteiger partial charge is 0.416 e. The number of aromatic nitrogens is 3. The molecule has 0 fully saturated rings. The van der Waals surface area contributed by atoms with Crippen LogP contribution in [0.3, 0.4) is 0 Å². The summed E-state index contributed by atoms with van der Waals surface area (Å²) in [6.45, 7) is 0.683. The molecule has 0 aliphatic rings. The summed E-state index contributed by atoms with van der Waals surface area (Å²) < 4.78 is 80.0. The van der Waals surface area contributed by atoms with Crippen LogP contribution in [0, 0.1) is 18.6 Å². The quantitative estimate of drug-likeness (QED) is 0.210. The van der Waals surface area contributed by atoms with E-state index >= 15 is 0 Å². The van der Waals surface area contributed by atoms with Gasteiger partial charge in [-0.3, -0.25) is 4.79 Å². The number of alkyl halides is 3. The molecule has 0 aliphatic carbocycles. The molecule has 1 atom stereocenters. The molecular weight excluding hydrogens is 637 g/mol. The average molecular weight is 658 g/mol. The van der Waals surface area contributed by atoms with Crippen LogP contribution in [-0.4, -0.2) is 56.2 Å². The predicted molar refractivity (Wildman–Crippen MR) is 140 cm³/mol. The summed E-state index contributed by atoms with van der Waals surface area (Å²) in [6.07, 6.45) is -2.87. The maximum atomic E-state index is 14.5. The minimum atomic E-state index is -4.52. The number of hydrogen-bond donors (Lipinski definition) is 2. The van der Waals surface area contributed by atoms with E-state index in [1.807, 2.05) is 0 Å². The lowest BCUT2D eigenvalue weighted by atomic mass is 10.1. The van der Waals surface area contributed by atoms with Gasteiger partial charge in [-0.05, 0) is 47.1 Å². The van der Waals surface area contributed by atoms with Crippen molar-refractivity contribution in [2.45, 2.75) is 19.1 Å². The van der Waals surface area contributed by atoms with Gasteiger partial charge in [-0.15, -0.1) is 0 Å². The highest BCUT2D eigenvalue weighted by Gasteiger charge is 2.31. The van der Waals surface area contributed by atoms with Crippen molar-refractivity contribution in [3.63, 3.8) is 0 Å². The van der Waals surface area contributed by atoms with Crippen LogP contribution in [0.25, 0.3) is 11.3 Å². The van der Waals surface area contributed by atoms with E-state index in [0.717, 1.165) is 29.2 Å². The third-order valence-electron chi connectivity index (χ3n) is 6.16. The highest BCUT2D eigenvalue weighted by atomic mass is 79.9. The molecule has 2 heterocycles. The van der Waals surface area contributed by atoms with Crippen molar-refractivity contribution in [1.29, 1.82) is 0 Å². The first-order valence-electron chi connectivity index (χ1n) is 12.0. The number of benzene rings is 2. The number of amides is 2. The SMILES string of the molecule is Cc1nccn1C(CN(CCOc1ccc(F)c(C(N)=O)c1F)C(=O)O)c1nc(-c2ccc(C(F)(F)F)cc2)c(Br)o1. The number of hydrogen-bond acceptors (Lipinski definition) is 6. The summed E-state index contributed by atoms with van der Waals surface area (Å²) >= 11 is 3.23. The summed E-state index contributed by atoms with van der Waals surface area (Å²) in [5.41, 5.74) is 3.67. The molecule has 0 radical (unpaired) electrons. The largest absolute Gasteiger partial charge is 0.489 e. The molecule has 0 spiro atoms. The molecule has 42 heavy (non-hydrogen) atoms. The third kappa shape index (κ3) is 6.53. The maximum absolute atomic E-state index is 14.5. The number of ether oxygens (including phenoxy) is 1. The first-order valence-corrected chi connectivity index (χ1v) is 12.8. The molecule has 1 unspecified atom stereocenters. The summed E-state index contributed by atoms with van der Waals surface area (Å²) in [5, 5.41) is 9.88. The van der Waals surface area contributed by atoms with Gasteiger partial charge in [0.1, 0.15) is 35.5 Å². The van der Waals surface area contributed by atoms with Gasteiger partial charge in [-0.1, -0.05) is 12.1 Å². The minimum absolute atomic E-state index is 0.0146.